The Morgan fingerprint density at radius 2 is 1.87 bits per heavy atom. The van der Waals surface area contributed by atoms with Crippen molar-refractivity contribution >= 4 is 10.2 Å². The van der Waals surface area contributed by atoms with Crippen LogP contribution in [0.4, 0.5) is 0 Å². The van der Waals surface area contributed by atoms with Gasteiger partial charge in [0.05, 0.1) is 26.0 Å². The summed E-state index contributed by atoms with van der Waals surface area (Å²) in [6, 6.07) is 9.95. The molecule has 1 saturated heterocycles. The molecule has 23 heavy (non-hydrogen) atoms. The first-order chi connectivity index (χ1) is 11.1. The van der Waals surface area contributed by atoms with Gasteiger partial charge in [0, 0.05) is 31.4 Å². The molecule has 0 saturated carbocycles. The highest BCUT2D eigenvalue weighted by molar-refractivity contribution is 7.87. The van der Waals surface area contributed by atoms with E-state index in [4.69, 9.17) is 4.74 Å². The van der Waals surface area contributed by atoms with Crippen molar-refractivity contribution in [3.05, 3.63) is 42.7 Å². The van der Waals surface area contributed by atoms with Crippen LogP contribution in [-0.2, 0) is 21.5 Å². The fraction of sp³-hybridized carbons (Fsp3) is 0.400. The van der Waals surface area contributed by atoms with E-state index < -0.39 is 10.2 Å². The maximum absolute atomic E-state index is 12.1. The van der Waals surface area contributed by atoms with Gasteiger partial charge in [-0.05, 0) is 5.56 Å². The van der Waals surface area contributed by atoms with Crippen molar-refractivity contribution < 1.29 is 13.2 Å². The van der Waals surface area contributed by atoms with Gasteiger partial charge >= 0.3 is 0 Å². The van der Waals surface area contributed by atoms with Gasteiger partial charge in [0.2, 0.25) is 0 Å². The minimum Gasteiger partial charge on any atom is -0.379 e. The van der Waals surface area contributed by atoms with E-state index in [-0.39, 0.29) is 0 Å². The normalized spacial score (nSPS) is 16.5. The van der Waals surface area contributed by atoms with Crippen LogP contribution >= 0.6 is 0 Å². The first kappa shape index (κ1) is 16.1. The predicted molar refractivity (Wildman–Crippen MR) is 87.0 cm³/mol. The van der Waals surface area contributed by atoms with Crippen molar-refractivity contribution in [1.29, 1.82) is 0 Å². The number of hydrogen-bond acceptors (Lipinski definition) is 4. The Bertz CT molecular complexity index is 724. The quantitative estimate of drug-likeness (QED) is 0.843. The van der Waals surface area contributed by atoms with Crippen LogP contribution in [0, 0.1) is 0 Å². The second-order valence-corrected chi connectivity index (χ2v) is 7.02. The van der Waals surface area contributed by atoms with Crippen molar-refractivity contribution in [3.8, 4) is 11.1 Å². The van der Waals surface area contributed by atoms with Crippen LogP contribution < -0.4 is 4.72 Å². The smallest absolute Gasteiger partial charge is 0.279 e. The van der Waals surface area contributed by atoms with Crippen LogP contribution in [0.2, 0.25) is 0 Å². The fourth-order valence-electron chi connectivity index (χ4n) is 2.43. The van der Waals surface area contributed by atoms with E-state index in [2.05, 4.69) is 9.82 Å². The average molecular weight is 336 g/mol. The molecule has 0 atom stereocenters. The fourth-order valence-corrected chi connectivity index (χ4v) is 3.59. The zero-order valence-electron chi connectivity index (χ0n) is 12.8. The molecule has 1 N–H and O–H groups in total. The van der Waals surface area contributed by atoms with Gasteiger partial charge in [-0.25, -0.2) is 4.72 Å². The molecule has 0 amide bonds. The standard InChI is InChI=1S/C15H20N4O3S/c20-23(21,19-8-10-22-11-9-19)17-6-7-18-13-15(12-16-18)14-4-2-1-3-5-14/h1-5,12-13,17H,6-11H2. The summed E-state index contributed by atoms with van der Waals surface area (Å²) in [7, 11) is -3.44. The topological polar surface area (TPSA) is 76.5 Å². The van der Waals surface area contributed by atoms with Gasteiger partial charge < -0.3 is 4.74 Å². The molecular weight excluding hydrogens is 316 g/mol. The molecule has 7 nitrogen and oxygen atoms in total. The van der Waals surface area contributed by atoms with Crippen molar-refractivity contribution in [2.24, 2.45) is 0 Å². The van der Waals surface area contributed by atoms with E-state index in [1.54, 1.807) is 10.9 Å². The lowest BCUT2D eigenvalue weighted by molar-refractivity contribution is 0.0725. The second kappa shape index (κ2) is 7.22. The molecule has 0 unspecified atom stereocenters. The molecule has 0 spiro atoms. The Morgan fingerprint density at radius 3 is 2.61 bits per heavy atom. The maximum Gasteiger partial charge on any atom is 0.279 e. The van der Waals surface area contributed by atoms with Crippen LogP contribution in [0.15, 0.2) is 42.7 Å². The largest absolute Gasteiger partial charge is 0.379 e. The molecule has 8 heteroatoms. The van der Waals surface area contributed by atoms with Crippen molar-refractivity contribution in [3.63, 3.8) is 0 Å². The SMILES string of the molecule is O=S(=O)(NCCn1cc(-c2ccccc2)cn1)N1CCOCC1. The molecule has 0 aliphatic carbocycles. The summed E-state index contributed by atoms with van der Waals surface area (Å²) in [5.74, 6) is 0. The molecule has 1 fully saturated rings. The van der Waals surface area contributed by atoms with Gasteiger partial charge in [0.15, 0.2) is 0 Å². The van der Waals surface area contributed by atoms with E-state index in [0.717, 1.165) is 11.1 Å². The zero-order chi connectivity index (χ0) is 16.1. The lowest BCUT2D eigenvalue weighted by atomic mass is 10.1. The molecule has 3 rings (SSSR count). The Hall–Kier alpha value is -1.74. The highest BCUT2D eigenvalue weighted by Crippen LogP contribution is 2.17. The first-order valence-electron chi connectivity index (χ1n) is 7.55. The Balaban J connectivity index is 1.54. The number of benzene rings is 1. The Labute approximate surface area is 136 Å². The summed E-state index contributed by atoms with van der Waals surface area (Å²) in [6.45, 7) is 2.47. The third kappa shape index (κ3) is 4.17. The molecular formula is C15H20N4O3S. The lowest BCUT2D eigenvalue weighted by Gasteiger charge is -2.26. The zero-order valence-corrected chi connectivity index (χ0v) is 13.6. The monoisotopic (exact) mass is 336 g/mol. The van der Waals surface area contributed by atoms with E-state index in [9.17, 15) is 8.42 Å². The molecule has 1 aromatic heterocycles. The van der Waals surface area contributed by atoms with Crippen LogP contribution in [0.3, 0.4) is 0 Å². The number of ether oxygens (including phenoxy) is 1. The molecule has 0 radical (unpaired) electrons. The summed E-state index contributed by atoms with van der Waals surface area (Å²) in [4.78, 5) is 0. The summed E-state index contributed by atoms with van der Waals surface area (Å²) in [5.41, 5.74) is 2.11. The number of morpholine rings is 1. The van der Waals surface area contributed by atoms with Gasteiger partial charge in [-0.3, -0.25) is 4.68 Å². The van der Waals surface area contributed by atoms with Crippen LogP contribution in [0.25, 0.3) is 11.1 Å². The van der Waals surface area contributed by atoms with Crippen LogP contribution in [0.5, 0.6) is 0 Å². The molecule has 1 aliphatic heterocycles. The summed E-state index contributed by atoms with van der Waals surface area (Å²) < 4.78 is 35.2. The minimum absolute atomic E-state index is 0.301. The molecule has 1 aliphatic rings. The number of nitrogens with one attached hydrogen (secondary N) is 1. The third-order valence-corrected chi connectivity index (χ3v) is 5.29. The highest BCUT2D eigenvalue weighted by atomic mass is 32.2. The summed E-state index contributed by atoms with van der Waals surface area (Å²) in [6.07, 6.45) is 3.70. The van der Waals surface area contributed by atoms with Gasteiger partial charge in [-0.15, -0.1) is 0 Å². The number of nitrogens with zero attached hydrogens (tertiary/aromatic N) is 3. The van der Waals surface area contributed by atoms with Crippen molar-refractivity contribution in [2.45, 2.75) is 6.54 Å². The minimum atomic E-state index is -3.44. The van der Waals surface area contributed by atoms with E-state index in [1.165, 1.54) is 4.31 Å². The number of aromatic nitrogens is 2. The van der Waals surface area contributed by atoms with Crippen LogP contribution in [0.1, 0.15) is 0 Å². The van der Waals surface area contributed by atoms with E-state index in [0.29, 0.717) is 39.4 Å². The maximum atomic E-state index is 12.1. The summed E-state index contributed by atoms with van der Waals surface area (Å²) >= 11 is 0. The Morgan fingerprint density at radius 1 is 1.13 bits per heavy atom. The predicted octanol–water partition coefficient (Wildman–Crippen LogP) is 0.717. The number of rotatable bonds is 6. The van der Waals surface area contributed by atoms with Gasteiger partial charge in [0.1, 0.15) is 0 Å². The average Bonchev–Trinajstić information content (AvgIpc) is 3.05. The van der Waals surface area contributed by atoms with E-state index in [1.807, 2.05) is 36.5 Å². The van der Waals surface area contributed by atoms with Crippen LogP contribution in [-0.4, -0.2) is 55.4 Å². The molecule has 2 aromatic rings. The van der Waals surface area contributed by atoms with Crippen molar-refractivity contribution in [1.82, 2.24) is 18.8 Å². The Kier molecular flexibility index (Phi) is 5.06. The molecule has 2 heterocycles. The lowest BCUT2D eigenvalue weighted by Crippen LogP contribution is -2.47. The molecule has 1 aromatic carbocycles. The van der Waals surface area contributed by atoms with Gasteiger partial charge in [-0.1, -0.05) is 30.3 Å². The van der Waals surface area contributed by atoms with Gasteiger partial charge in [-0.2, -0.15) is 17.8 Å². The summed E-state index contributed by atoms with van der Waals surface area (Å²) in [5, 5.41) is 4.27. The first-order valence-corrected chi connectivity index (χ1v) is 8.99. The van der Waals surface area contributed by atoms with Crippen molar-refractivity contribution in [2.75, 3.05) is 32.8 Å². The van der Waals surface area contributed by atoms with E-state index >= 15 is 0 Å². The third-order valence-electron chi connectivity index (χ3n) is 3.68. The molecule has 0 bridgehead atoms. The number of hydrogen-bond donors (Lipinski definition) is 1. The highest BCUT2D eigenvalue weighted by Gasteiger charge is 2.23. The van der Waals surface area contributed by atoms with Gasteiger partial charge in [0.25, 0.3) is 10.2 Å². The molecule has 124 valence electrons. The second-order valence-electron chi connectivity index (χ2n) is 5.27.